The number of anilines is 1. The molecule has 2 aromatic rings. The molecule has 0 bridgehead atoms. The van der Waals surface area contributed by atoms with Crippen LogP contribution in [-0.2, 0) is 4.79 Å². The molecule has 2 heteroatoms. The molecule has 0 N–H and O–H groups in total. The molecule has 3 rings (SSSR count). The highest BCUT2D eigenvalue weighted by atomic mass is 16.2. The molecule has 1 amide bonds. The first-order chi connectivity index (χ1) is 10.8. The van der Waals surface area contributed by atoms with Crippen molar-refractivity contribution >= 4 is 17.7 Å². The highest BCUT2D eigenvalue weighted by Gasteiger charge is 2.34. The smallest absolute Gasteiger partial charge is 0.251 e. The van der Waals surface area contributed by atoms with E-state index in [1.807, 2.05) is 71.6 Å². The van der Waals surface area contributed by atoms with Crippen LogP contribution in [0.2, 0.25) is 0 Å². The maximum Gasteiger partial charge on any atom is 0.251 e. The Kier molecular flexibility index (Phi) is 4.38. The van der Waals surface area contributed by atoms with Crippen molar-refractivity contribution in [3.8, 4) is 0 Å². The summed E-state index contributed by atoms with van der Waals surface area (Å²) in [7, 11) is 0. The number of carbonyl (C=O) groups excluding carboxylic acids is 1. The first-order valence-corrected chi connectivity index (χ1v) is 7.87. The van der Waals surface area contributed by atoms with Crippen LogP contribution in [0.25, 0.3) is 6.08 Å². The largest absolute Gasteiger partial charge is 0.306 e. The lowest BCUT2D eigenvalue weighted by Crippen LogP contribution is -2.39. The summed E-state index contributed by atoms with van der Waals surface area (Å²) in [6.45, 7) is 2.15. The van der Waals surface area contributed by atoms with Crippen molar-refractivity contribution in [2.24, 2.45) is 5.92 Å². The fraction of sp³-hybridized carbons (Fsp3) is 0.250. The summed E-state index contributed by atoms with van der Waals surface area (Å²) in [5.74, 6) is 0.684. The molecule has 1 aliphatic carbocycles. The Morgan fingerprint density at radius 2 is 1.64 bits per heavy atom. The average Bonchev–Trinajstić information content (AvgIpc) is 3.40. The minimum atomic E-state index is 0.0504. The SMILES string of the molecule is CC(C1CC1)N(C(=O)/C=C/c1ccccc1)c1ccccc1. The van der Waals surface area contributed by atoms with E-state index in [1.54, 1.807) is 6.08 Å². The van der Waals surface area contributed by atoms with Crippen molar-refractivity contribution < 1.29 is 4.79 Å². The summed E-state index contributed by atoms with van der Waals surface area (Å²) in [4.78, 5) is 14.7. The van der Waals surface area contributed by atoms with Crippen molar-refractivity contribution in [2.75, 3.05) is 4.90 Å². The molecule has 0 heterocycles. The molecule has 0 saturated heterocycles. The van der Waals surface area contributed by atoms with Gasteiger partial charge >= 0.3 is 0 Å². The summed E-state index contributed by atoms with van der Waals surface area (Å²) in [6.07, 6.45) is 6.01. The normalized spacial score (nSPS) is 15.7. The maximum atomic E-state index is 12.7. The van der Waals surface area contributed by atoms with Gasteiger partial charge in [0.05, 0.1) is 0 Å². The van der Waals surface area contributed by atoms with Gasteiger partial charge in [0.25, 0.3) is 5.91 Å². The monoisotopic (exact) mass is 291 g/mol. The Morgan fingerprint density at radius 3 is 2.23 bits per heavy atom. The summed E-state index contributed by atoms with van der Waals surface area (Å²) < 4.78 is 0. The van der Waals surface area contributed by atoms with Gasteiger partial charge in [-0.15, -0.1) is 0 Å². The van der Waals surface area contributed by atoms with Crippen LogP contribution >= 0.6 is 0 Å². The Bertz CT molecular complexity index is 644. The van der Waals surface area contributed by atoms with E-state index in [0.717, 1.165) is 11.3 Å². The van der Waals surface area contributed by atoms with Crippen LogP contribution in [0.5, 0.6) is 0 Å². The van der Waals surface area contributed by atoms with E-state index < -0.39 is 0 Å². The predicted octanol–water partition coefficient (Wildman–Crippen LogP) is 4.53. The second kappa shape index (κ2) is 6.61. The van der Waals surface area contributed by atoms with Crippen LogP contribution in [0.1, 0.15) is 25.3 Å². The number of benzene rings is 2. The molecule has 1 fully saturated rings. The molecule has 1 atom stereocenters. The van der Waals surface area contributed by atoms with Crippen LogP contribution in [0.15, 0.2) is 66.7 Å². The van der Waals surface area contributed by atoms with Gasteiger partial charge in [0.15, 0.2) is 0 Å². The van der Waals surface area contributed by atoms with Gasteiger partial charge in [0.1, 0.15) is 0 Å². The van der Waals surface area contributed by atoms with Gasteiger partial charge in [-0.05, 0) is 49.5 Å². The van der Waals surface area contributed by atoms with E-state index in [1.165, 1.54) is 12.8 Å². The first-order valence-electron chi connectivity index (χ1n) is 7.87. The van der Waals surface area contributed by atoms with E-state index in [-0.39, 0.29) is 11.9 Å². The summed E-state index contributed by atoms with van der Waals surface area (Å²) >= 11 is 0. The number of hydrogen-bond acceptors (Lipinski definition) is 1. The highest BCUT2D eigenvalue weighted by molar-refractivity contribution is 6.04. The second-order valence-corrected chi connectivity index (χ2v) is 5.87. The molecule has 2 aromatic carbocycles. The Balaban J connectivity index is 1.82. The standard InChI is InChI=1S/C20H21NO/c1-16(18-13-14-18)21(19-10-6-3-7-11-19)20(22)15-12-17-8-4-2-5-9-17/h2-12,15-16,18H,13-14H2,1H3/b15-12+. The van der Waals surface area contributed by atoms with E-state index in [0.29, 0.717) is 5.92 Å². The first kappa shape index (κ1) is 14.6. The Morgan fingerprint density at radius 1 is 1.05 bits per heavy atom. The van der Waals surface area contributed by atoms with Gasteiger partial charge in [-0.3, -0.25) is 4.79 Å². The van der Waals surface area contributed by atoms with Gasteiger partial charge in [-0.25, -0.2) is 0 Å². The summed E-state index contributed by atoms with van der Waals surface area (Å²) in [5.41, 5.74) is 2.02. The number of para-hydroxylation sites is 1. The number of rotatable bonds is 5. The van der Waals surface area contributed by atoms with Crippen molar-refractivity contribution in [1.29, 1.82) is 0 Å². The zero-order valence-corrected chi connectivity index (χ0v) is 12.9. The molecule has 0 spiro atoms. The number of nitrogens with zero attached hydrogens (tertiary/aromatic N) is 1. The van der Waals surface area contributed by atoms with Crippen molar-refractivity contribution in [1.82, 2.24) is 0 Å². The van der Waals surface area contributed by atoms with E-state index >= 15 is 0 Å². The van der Waals surface area contributed by atoms with Crippen LogP contribution in [-0.4, -0.2) is 11.9 Å². The lowest BCUT2D eigenvalue weighted by Gasteiger charge is -2.28. The third kappa shape index (κ3) is 3.45. The third-order valence-corrected chi connectivity index (χ3v) is 4.20. The van der Waals surface area contributed by atoms with E-state index in [9.17, 15) is 4.79 Å². The summed E-state index contributed by atoms with van der Waals surface area (Å²) in [5, 5.41) is 0. The summed E-state index contributed by atoms with van der Waals surface area (Å²) in [6, 6.07) is 20.1. The minimum absolute atomic E-state index is 0.0504. The predicted molar refractivity (Wildman–Crippen MR) is 91.6 cm³/mol. The van der Waals surface area contributed by atoms with Crippen LogP contribution < -0.4 is 4.90 Å². The van der Waals surface area contributed by atoms with Gasteiger partial charge in [0.2, 0.25) is 0 Å². The molecular formula is C20H21NO. The molecule has 22 heavy (non-hydrogen) atoms. The Hall–Kier alpha value is -2.35. The topological polar surface area (TPSA) is 20.3 Å². The van der Waals surface area contributed by atoms with Crippen LogP contribution in [0.3, 0.4) is 0 Å². The fourth-order valence-electron chi connectivity index (χ4n) is 2.75. The van der Waals surface area contributed by atoms with Gasteiger partial charge in [-0.1, -0.05) is 48.5 Å². The zero-order chi connectivity index (χ0) is 15.4. The number of carbonyl (C=O) groups is 1. The molecule has 1 aliphatic rings. The van der Waals surface area contributed by atoms with Crippen molar-refractivity contribution in [3.63, 3.8) is 0 Å². The Labute approximate surface area is 132 Å². The average molecular weight is 291 g/mol. The molecule has 2 nitrogen and oxygen atoms in total. The lowest BCUT2D eigenvalue weighted by atomic mass is 10.1. The molecule has 0 radical (unpaired) electrons. The molecule has 1 unspecified atom stereocenters. The number of hydrogen-bond donors (Lipinski definition) is 0. The lowest BCUT2D eigenvalue weighted by molar-refractivity contribution is -0.114. The van der Waals surface area contributed by atoms with E-state index in [2.05, 4.69) is 6.92 Å². The van der Waals surface area contributed by atoms with Crippen molar-refractivity contribution in [3.05, 3.63) is 72.3 Å². The molecule has 0 aromatic heterocycles. The van der Waals surface area contributed by atoms with Crippen LogP contribution in [0.4, 0.5) is 5.69 Å². The number of amides is 1. The quantitative estimate of drug-likeness (QED) is 0.741. The van der Waals surface area contributed by atoms with Gasteiger partial charge in [-0.2, -0.15) is 0 Å². The van der Waals surface area contributed by atoms with Gasteiger partial charge < -0.3 is 4.90 Å². The molecule has 1 saturated carbocycles. The third-order valence-electron chi connectivity index (χ3n) is 4.20. The van der Waals surface area contributed by atoms with E-state index in [4.69, 9.17) is 0 Å². The van der Waals surface area contributed by atoms with Crippen LogP contribution in [0, 0.1) is 5.92 Å². The molecule has 112 valence electrons. The van der Waals surface area contributed by atoms with Crippen molar-refractivity contribution in [2.45, 2.75) is 25.8 Å². The minimum Gasteiger partial charge on any atom is -0.306 e. The zero-order valence-electron chi connectivity index (χ0n) is 12.9. The van der Waals surface area contributed by atoms with Gasteiger partial charge in [0, 0.05) is 17.8 Å². The maximum absolute atomic E-state index is 12.7. The molecular weight excluding hydrogens is 270 g/mol. The fourth-order valence-corrected chi connectivity index (χ4v) is 2.75. The molecule has 0 aliphatic heterocycles. The second-order valence-electron chi connectivity index (χ2n) is 5.87. The highest BCUT2D eigenvalue weighted by Crippen LogP contribution is 2.37.